The van der Waals surface area contributed by atoms with Gasteiger partial charge in [-0.1, -0.05) is 12.1 Å². The lowest BCUT2D eigenvalue weighted by Crippen LogP contribution is -2.52. The third-order valence-corrected chi connectivity index (χ3v) is 6.44. The number of pyridine rings is 1. The topological polar surface area (TPSA) is 75.2 Å². The molecule has 1 saturated heterocycles. The summed E-state index contributed by atoms with van der Waals surface area (Å²) >= 11 is 0. The Hall–Kier alpha value is -3.91. The summed E-state index contributed by atoms with van der Waals surface area (Å²) in [5.41, 5.74) is 2.29. The predicted molar refractivity (Wildman–Crippen MR) is 139 cm³/mol. The van der Waals surface area contributed by atoms with E-state index in [4.69, 9.17) is 9.47 Å². The van der Waals surface area contributed by atoms with E-state index in [0.29, 0.717) is 35.8 Å². The number of aromatic nitrogens is 1. The summed E-state index contributed by atoms with van der Waals surface area (Å²) in [7, 11) is 3.14. The Balaban J connectivity index is 1.43. The monoisotopic (exact) mass is 488 g/mol. The van der Waals surface area contributed by atoms with Gasteiger partial charge in [0.15, 0.2) is 0 Å². The van der Waals surface area contributed by atoms with E-state index in [1.54, 1.807) is 50.6 Å². The van der Waals surface area contributed by atoms with Crippen LogP contribution in [-0.4, -0.2) is 80.1 Å². The highest BCUT2D eigenvalue weighted by atomic mass is 16.5. The van der Waals surface area contributed by atoms with Gasteiger partial charge >= 0.3 is 0 Å². The Kier molecular flexibility index (Phi) is 8.52. The average molecular weight is 489 g/mol. The second-order valence-electron chi connectivity index (χ2n) is 8.62. The highest BCUT2D eigenvalue weighted by molar-refractivity contribution is 6.09. The molecule has 3 aromatic rings. The van der Waals surface area contributed by atoms with Crippen LogP contribution in [-0.2, 0) is 11.2 Å². The van der Waals surface area contributed by atoms with E-state index in [2.05, 4.69) is 9.88 Å². The van der Waals surface area contributed by atoms with Crippen LogP contribution in [0.25, 0.3) is 0 Å². The minimum atomic E-state index is -0.272. The van der Waals surface area contributed by atoms with Gasteiger partial charge in [-0.2, -0.15) is 0 Å². The van der Waals surface area contributed by atoms with Crippen molar-refractivity contribution < 1.29 is 19.1 Å². The summed E-state index contributed by atoms with van der Waals surface area (Å²) in [4.78, 5) is 36.7. The molecule has 0 aliphatic carbocycles. The van der Waals surface area contributed by atoms with Crippen LogP contribution in [0.5, 0.6) is 11.5 Å². The average Bonchev–Trinajstić information content (AvgIpc) is 2.95. The second kappa shape index (κ2) is 12.2. The van der Waals surface area contributed by atoms with Gasteiger partial charge in [-0.25, -0.2) is 0 Å². The van der Waals surface area contributed by atoms with Gasteiger partial charge in [0.2, 0.25) is 5.91 Å². The number of carbonyl (C=O) groups is 2. The largest absolute Gasteiger partial charge is 0.497 e. The number of anilines is 1. The van der Waals surface area contributed by atoms with Gasteiger partial charge in [-0.3, -0.25) is 24.4 Å². The standard InChI is InChI=1S/C28H32N4O4/c1-35-24-9-7-23(8-10-24)28(34)32(25-5-3-4-6-26(25)36-2)21-27(33)31-19-17-30(18-20-31)16-13-22-11-14-29-15-12-22/h3-12,14-15H,13,16-21H2,1-2H3. The van der Waals surface area contributed by atoms with Gasteiger partial charge in [0.05, 0.1) is 19.9 Å². The highest BCUT2D eigenvalue weighted by Crippen LogP contribution is 2.29. The molecule has 1 aliphatic rings. The zero-order valence-electron chi connectivity index (χ0n) is 20.8. The van der Waals surface area contributed by atoms with Gasteiger partial charge in [-0.15, -0.1) is 0 Å². The van der Waals surface area contributed by atoms with E-state index in [1.165, 1.54) is 10.5 Å². The first kappa shape index (κ1) is 25.2. The zero-order chi connectivity index (χ0) is 25.3. The molecular formula is C28H32N4O4. The van der Waals surface area contributed by atoms with Crippen molar-refractivity contribution in [3.05, 3.63) is 84.2 Å². The SMILES string of the molecule is COc1ccc(C(=O)N(CC(=O)N2CCN(CCc3ccncc3)CC2)c2ccccc2OC)cc1. The quantitative estimate of drug-likeness (QED) is 0.461. The van der Waals surface area contributed by atoms with E-state index >= 15 is 0 Å². The fraction of sp³-hybridized carbons (Fsp3) is 0.321. The Morgan fingerprint density at radius 1 is 0.889 bits per heavy atom. The first-order chi connectivity index (χ1) is 17.6. The van der Waals surface area contributed by atoms with E-state index in [0.717, 1.165) is 26.1 Å². The number of methoxy groups -OCH3 is 2. The summed E-state index contributed by atoms with van der Waals surface area (Å²) in [6.45, 7) is 3.74. The molecule has 1 aliphatic heterocycles. The molecule has 1 fully saturated rings. The van der Waals surface area contributed by atoms with Crippen LogP contribution in [0.15, 0.2) is 73.1 Å². The molecule has 0 unspecified atom stereocenters. The van der Waals surface area contributed by atoms with Crippen LogP contribution in [0.4, 0.5) is 5.69 Å². The van der Waals surface area contributed by atoms with Gasteiger partial charge < -0.3 is 14.4 Å². The molecule has 188 valence electrons. The lowest BCUT2D eigenvalue weighted by Gasteiger charge is -2.36. The molecule has 0 spiro atoms. The number of benzene rings is 2. The first-order valence-corrected chi connectivity index (χ1v) is 12.1. The maximum absolute atomic E-state index is 13.5. The van der Waals surface area contributed by atoms with E-state index in [1.807, 2.05) is 41.6 Å². The van der Waals surface area contributed by atoms with Gasteiger partial charge in [0, 0.05) is 50.7 Å². The Labute approximate surface area is 212 Å². The van der Waals surface area contributed by atoms with Crippen LogP contribution in [0.2, 0.25) is 0 Å². The van der Waals surface area contributed by atoms with E-state index in [9.17, 15) is 9.59 Å². The van der Waals surface area contributed by atoms with Crippen molar-refractivity contribution >= 4 is 17.5 Å². The molecule has 8 nitrogen and oxygen atoms in total. The van der Waals surface area contributed by atoms with Crippen LogP contribution in [0.3, 0.4) is 0 Å². The van der Waals surface area contributed by atoms with Crippen LogP contribution >= 0.6 is 0 Å². The Bertz CT molecular complexity index is 1150. The third kappa shape index (κ3) is 6.20. The van der Waals surface area contributed by atoms with Crippen molar-refractivity contribution in [1.29, 1.82) is 0 Å². The van der Waals surface area contributed by atoms with Crippen molar-refractivity contribution in [3.63, 3.8) is 0 Å². The molecule has 1 aromatic heterocycles. The fourth-order valence-electron chi connectivity index (χ4n) is 4.30. The number of amides is 2. The fourth-order valence-corrected chi connectivity index (χ4v) is 4.30. The summed E-state index contributed by atoms with van der Waals surface area (Å²) in [6, 6.07) is 18.2. The van der Waals surface area contributed by atoms with Crippen LogP contribution < -0.4 is 14.4 Å². The van der Waals surface area contributed by atoms with Gasteiger partial charge in [0.25, 0.3) is 5.91 Å². The summed E-state index contributed by atoms with van der Waals surface area (Å²) in [6.07, 6.45) is 4.58. The number of hydrogen-bond donors (Lipinski definition) is 0. The molecule has 2 amide bonds. The Morgan fingerprint density at radius 3 is 2.25 bits per heavy atom. The molecule has 0 atom stereocenters. The summed E-state index contributed by atoms with van der Waals surface area (Å²) < 4.78 is 10.7. The molecule has 8 heteroatoms. The zero-order valence-corrected chi connectivity index (χ0v) is 20.8. The normalized spacial score (nSPS) is 13.8. The summed E-state index contributed by atoms with van der Waals surface area (Å²) in [5, 5.41) is 0. The smallest absolute Gasteiger partial charge is 0.258 e. The lowest BCUT2D eigenvalue weighted by molar-refractivity contribution is -0.131. The van der Waals surface area contributed by atoms with E-state index < -0.39 is 0 Å². The van der Waals surface area contributed by atoms with E-state index in [-0.39, 0.29) is 18.4 Å². The molecule has 4 rings (SSSR count). The predicted octanol–water partition coefficient (Wildman–Crippen LogP) is 3.13. The molecule has 2 aromatic carbocycles. The number of para-hydroxylation sites is 2. The Morgan fingerprint density at radius 2 is 1.58 bits per heavy atom. The first-order valence-electron chi connectivity index (χ1n) is 12.1. The van der Waals surface area contributed by atoms with Crippen molar-refractivity contribution in [2.45, 2.75) is 6.42 Å². The van der Waals surface area contributed by atoms with Crippen molar-refractivity contribution in [1.82, 2.24) is 14.8 Å². The number of carbonyl (C=O) groups excluding carboxylic acids is 2. The van der Waals surface area contributed by atoms with Crippen molar-refractivity contribution in [2.24, 2.45) is 0 Å². The molecule has 2 heterocycles. The lowest BCUT2D eigenvalue weighted by atomic mass is 10.1. The molecule has 0 N–H and O–H groups in total. The number of piperazine rings is 1. The molecule has 0 radical (unpaired) electrons. The maximum Gasteiger partial charge on any atom is 0.258 e. The van der Waals surface area contributed by atoms with Gasteiger partial charge in [0.1, 0.15) is 18.0 Å². The number of ether oxygens (including phenoxy) is 2. The van der Waals surface area contributed by atoms with Crippen LogP contribution in [0.1, 0.15) is 15.9 Å². The molecule has 36 heavy (non-hydrogen) atoms. The maximum atomic E-state index is 13.5. The minimum Gasteiger partial charge on any atom is -0.497 e. The number of rotatable bonds is 9. The van der Waals surface area contributed by atoms with Crippen LogP contribution in [0, 0.1) is 0 Å². The van der Waals surface area contributed by atoms with Crippen molar-refractivity contribution in [3.8, 4) is 11.5 Å². The number of nitrogens with zero attached hydrogens (tertiary/aromatic N) is 4. The summed E-state index contributed by atoms with van der Waals surface area (Å²) in [5.74, 6) is 0.837. The van der Waals surface area contributed by atoms with Crippen molar-refractivity contribution in [2.75, 3.05) is 58.4 Å². The minimum absolute atomic E-state index is 0.0672. The molecular weight excluding hydrogens is 456 g/mol. The van der Waals surface area contributed by atoms with Gasteiger partial charge in [-0.05, 0) is 60.5 Å². The highest BCUT2D eigenvalue weighted by Gasteiger charge is 2.27. The third-order valence-electron chi connectivity index (χ3n) is 6.44. The molecule has 0 saturated carbocycles. The molecule has 0 bridgehead atoms. The number of hydrogen-bond acceptors (Lipinski definition) is 6. The second-order valence-corrected chi connectivity index (χ2v) is 8.62.